The van der Waals surface area contributed by atoms with Crippen LogP contribution in [-0.2, 0) is 6.54 Å². The van der Waals surface area contributed by atoms with Crippen molar-refractivity contribution in [1.29, 1.82) is 0 Å². The Balaban J connectivity index is 1.29. The maximum Gasteiger partial charge on any atom is 0.324 e. The summed E-state index contributed by atoms with van der Waals surface area (Å²) in [4.78, 5) is 34.1. The fourth-order valence-electron chi connectivity index (χ4n) is 4.72. The monoisotopic (exact) mass is 578 g/mol. The van der Waals surface area contributed by atoms with Gasteiger partial charge >= 0.3 is 6.03 Å². The van der Waals surface area contributed by atoms with E-state index < -0.39 is 0 Å². The number of nitrogens with one attached hydrogen (secondary N) is 2. The Morgan fingerprint density at radius 1 is 1.26 bits per heavy atom. The Labute approximate surface area is 236 Å². The van der Waals surface area contributed by atoms with E-state index in [2.05, 4.69) is 38.0 Å². The Hall–Kier alpha value is -2.66. The molecule has 2 N–H and O–H groups in total. The van der Waals surface area contributed by atoms with Crippen LogP contribution in [-0.4, -0.2) is 63.6 Å². The average Bonchev–Trinajstić information content (AvgIpc) is 3.53. The molecule has 4 heterocycles. The van der Waals surface area contributed by atoms with Crippen LogP contribution in [0.25, 0.3) is 0 Å². The number of amides is 3. The summed E-state index contributed by atoms with van der Waals surface area (Å²) < 4.78 is 5.20. The van der Waals surface area contributed by atoms with E-state index in [9.17, 15) is 9.59 Å². The number of aryl methyl sites for hydroxylation is 2. The number of nitrogens with zero attached hydrogens (tertiary/aromatic N) is 4. The van der Waals surface area contributed by atoms with Crippen LogP contribution < -0.4 is 10.6 Å². The zero-order valence-electron chi connectivity index (χ0n) is 21.7. The summed E-state index contributed by atoms with van der Waals surface area (Å²) in [5, 5.41) is 14.1. The van der Waals surface area contributed by atoms with Gasteiger partial charge < -0.3 is 19.6 Å². The first kappa shape index (κ1) is 28.4. The number of aromatic nitrogens is 2. The SMILES string of the molecule is Cc1cc(NC(=O)N(Cc2ccsc2)C2CCN([C@H](C)CCNC(=O)c3c(C)cc(Cl)nc3Cl)CC2)on1. The number of carbonyl (C=O) groups excluding carboxylic acids is 2. The van der Waals surface area contributed by atoms with Crippen molar-refractivity contribution < 1.29 is 14.1 Å². The van der Waals surface area contributed by atoms with E-state index >= 15 is 0 Å². The van der Waals surface area contributed by atoms with Gasteiger partial charge in [-0.15, -0.1) is 0 Å². The van der Waals surface area contributed by atoms with E-state index in [1.807, 2.05) is 23.3 Å². The fourth-order valence-corrected chi connectivity index (χ4v) is 5.99. The molecule has 1 aliphatic heterocycles. The highest BCUT2D eigenvalue weighted by Gasteiger charge is 2.30. The number of hydrogen-bond acceptors (Lipinski definition) is 7. The standard InChI is InChI=1S/C26H32Cl2N6O3S/c1-16-12-21(27)30-24(28)23(16)25(35)29-8-4-18(3)33-9-5-20(6-10-33)34(14-19-7-11-38-15-19)26(36)31-22-13-17(2)32-37-22/h7,11-13,15,18,20H,4-6,8-10,14H2,1-3H3,(H,29,35)(H,31,36)/t18-/m1/s1. The molecule has 0 aromatic carbocycles. The van der Waals surface area contributed by atoms with Crippen molar-refractivity contribution >= 4 is 52.4 Å². The number of thiophene rings is 1. The summed E-state index contributed by atoms with van der Waals surface area (Å²) in [5.74, 6) is 0.0985. The van der Waals surface area contributed by atoms with Crippen LogP contribution in [0.2, 0.25) is 10.3 Å². The maximum atomic E-state index is 13.2. The Kier molecular flexibility index (Phi) is 9.64. The summed E-state index contributed by atoms with van der Waals surface area (Å²) in [6, 6.07) is 5.57. The summed E-state index contributed by atoms with van der Waals surface area (Å²) in [6.07, 6.45) is 2.50. The van der Waals surface area contributed by atoms with Gasteiger partial charge in [0.1, 0.15) is 10.3 Å². The molecule has 12 heteroatoms. The van der Waals surface area contributed by atoms with Crippen molar-refractivity contribution in [1.82, 2.24) is 25.3 Å². The van der Waals surface area contributed by atoms with Crippen LogP contribution in [0, 0.1) is 13.8 Å². The topological polar surface area (TPSA) is 104 Å². The number of likely N-dealkylation sites (tertiary alicyclic amines) is 1. The second-order valence-electron chi connectivity index (χ2n) is 9.61. The minimum absolute atomic E-state index is 0.101. The number of piperidine rings is 1. The number of rotatable bonds is 9. The van der Waals surface area contributed by atoms with Crippen LogP contribution in [0.15, 0.2) is 33.5 Å². The molecule has 0 bridgehead atoms. The number of halogens is 2. The van der Waals surface area contributed by atoms with Gasteiger partial charge in [-0.05, 0) is 74.1 Å². The quantitative estimate of drug-likeness (QED) is 0.313. The lowest BCUT2D eigenvalue weighted by Gasteiger charge is -2.40. The van der Waals surface area contributed by atoms with Gasteiger partial charge in [0.15, 0.2) is 0 Å². The van der Waals surface area contributed by atoms with Gasteiger partial charge in [-0.3, -0.25) is 10.1 Å². The maximum absolute atomic E-state index is 13.2. The number of hydrogen-bond donors (Lipinski definition) is 2. The zero-order valence-corrected chi connectivity index (χ0v) is 24.0. The van der Waals surface area contributed by atoms with Gasteiger partial charge in [0, 0.05) is 44.3 Å². The van der Waals surface area contributed by atoms with Crippen LogP contribution in [0.5, 0.6) is 0 Å². The molecule has 3 amide bonds. The zero-order chi connectivity index (χ0) is 27.2. The van der Waals surface area contributed by atoms with Crippen LogP contribution in [0.1, 0.15) is 53.4 Å². The lowest BCUT2D eigenvalue weighted by molar-refractivity contribution is 0.0919. The lowest BCUT2D eigenvalue weighted by Crippen LogP contribution is -2.50. The van der Waals surface area contributed by atoms with E-state index in [1.165, 1.54) is 0 Å². The van der Waals surface area contributed by atoms with Gasteiger partial charge in [0.25, 0.3) is 5.91 Å². The molecular weight excluding hydrogens is 547 g/mol. The first-order chi connectivity index (χ1) is 18.2. The molecule has 1 saturated heterocycles. The third-order valence-electron chi connectivity index (χ3n) is 6.83. The van der Waals surface area contributed by atoms with Crippen LogP contribution in [0.4, 0.5) is 10.7 Å². The van der Waals surface area contributed by atoms with Crippen molar-refractivity contribution in [3.63, 3.8) is 0 Å². The van der Waals surface area contributed by atoms with E-state index in [-0.39, 0.29) is 34.3 Å². The third kappa shape index (κ3) is 7.25. The first-order valence-electron chi connectivity index (χ1n) is 12.6. The van der Waals surface area contributed by atoms with Gasteiger partial charge in [0.2, 0.25) is 5.88 Å². The molecule has 4 rings (SSSR count). The molecule has 0 spiro atoms. The van der Waals surface area contributed by atoms with Crippen molar-refractivity contribution in [2.75, 3.05) is 25.0 Å². The van der Waals surface area contributed by atoms with Crippen molar-refractivity contribution in [3.05, 3.63) is 61.6 Å². The van der Waals surface area contributed by atoms with E-state index in [0.717, 1.165) is 37.9 Å². The summed E-state index contributed by atoms with van der Waals surface area (Å²) >= 11 is 13.7. The first-order valence-corrected chi connectivity index (χ1v) is 14.3. The molecule has 1 aliphatic rings. The average molecular weight is 580 g/mol. The van der Waals surface area contributed by atoms with Gasteiger partial charge in [-0.1, -0.05) is 28.4 Å². The smallest absolute Gasteiger partial charge is 0.324 e. The molecule has 38 heavy (non-hydrogen) atoms. The Morgan fingerprint density at radius 2 is 2.03 bits per heavy atom. The second kappa shape index (κ2) is 12.9. The molecule has 3 aromatic heterocycles. The molecule has 1 atom stereocenters. The largest absolute Gasteiger partial charge is 0.352 e. The minimum atomic E-state index is -0.250. The Morgan fingerprint density at radius 3 is 2.66 bits per heavy atom. The predicted molar refractivity (Wildman–Crippen MR) is 150 cm³/mol. The van der Waals surface area contributed by atoms with E-state index in [0.29, 0.717) is 35.8 Å². The number of urea groups is 1. The minimum Gasteiger partial charge on any atom is -0.352 e. The van der Waals surface area contributed by atoms with Gasteiger partial charge in [-0.25, -0.2) is 9.78 Å². The molecule has 0 aliphatic carbocycles. The normalized spacial score (nSPS) is 15.3. The fraction of sp³-hybridized carbons (Fsp3) is 0.462. The van der Waals surface area contributed by atoms with Crippen LogP contribution >= 0.6 is 34.5 Å². The third-order valence-corrected chi connectivity index (χ3v) is 8.03. The lowest BCUT2D eigenvalue weighted by atomic mass is 10.0. The highest BCUT2D eigenvalue weighted by atomic mass is 35.5. The molecule has 1 fully saturated rings. The molecule has 0 saturated carbocycles. The Bertz CT molecular complexity index is 1220. The molecule has 0 unspecified atom stereocenters. The van der Waals surface area contributed by atoms with Gasteiger partial charge in [0.05, 0.1) is 11.3 Å². The molecule has 3 aromatic rings. The van der Waals surface area contributed by atoms with E-state index in [1.54, 1.807) is 30.4 Å². The van der Waals surface area contributed by atoms with Crippen molar-refractivity contribution in [2.24, 2.45) is 0 Å². The van der Waals surface area contributed by atoms with Crippen molar-refractivity contribution in [3.8, 4) is 0 Å². The summed E-state index contributed by atoms with van der Waals surface area (Å²) in [5.41, 5.74) is 2.87. The number of anilines is 1. The number of pyridine rings is 1. The summed E-state index contributed by atoms with van der Waals surface area (Å²) in [7, 11) is 0. The van der Waals surface area contributed by atoms with Crippen molar-refractivity contribution in [2.45, 2.75) is 58.7 Å². The predicted octanol–water partition coefficient (Wildman–Crippen LogP) is 5.76. The molecular formula is C26H32Cl2N6O3S. The molecule has 9 nitrogen and oxygen atoms in total. The van der Waals surface area contributed by atoms with Crippen LogP contribution in [0.3, 0.4) is 0 Å². The molecule has 0 radical (unpaired) electrons. The molecule has 204 valence electrons. The number of carbonyl (C=O) groups is 2. The highest BCUT2D eigenvalue weighted by Crippen LogP contribution is 2.24. The van der Waals surface area contributed by atoms with Gasteiger partial charge in [-0.2, -0.15) is 11.3 Å². The highest BCUT2D eigenvalue weighted by molar-refractivity contribution is 7.07. The summed E-state index contributed by atoms with van der Waals surface area (Å²) in [6.45, 7) is 8.54. The van der Waals surface area contributed by atoms with E-state index in [4.69, 9.17) is 27.7 Å². The second-order valence-corrected chi connectivity index (χ2v) is 11.1.